The number of ether oxygens (including phenoxy) is 4. The van der Waals surface area contributed by atoms with Crippen LogP contribution in [0, 0.1) is 10.5 Å². The number of benzene rings is 2. The lowest BCUT2D eigenvalue weighted by Gasteiger charge is -2.14. The van der Waals surface area contributed by atoms with Crippen LogP contribution in [0.1, 0.15) is 11.1 Å². The summed E-state index contributed by atoms with van der Waals surface area (Å²) in [6.07, 6.45) is 1.78. The molecule has 1 fully saturated rings. The Morgan fingerprint density at radius 3 is 2.45 bits per heavy atom. The summed E-state index contributed by atoms with van der Waals surface area (Å²) in [6, 6.07) is 11.7. The number of hydrogen-bond acceptors (Lipinski definition) is 7. The topological polar surface area (TPSA) is 66.0 Å². The van der Waals surface area contributed by atoms with E-state index in [1.807, 2.05) is 43.3 Å². The van der Waals surface area contributed by atoms with E-state index >= 15 is 0 Å². The van der Waals surface area contributed by atoms with Crippen LogP contribution in [0.2, 0.25) is 0 Å². The van der Waals surface area contributed by atoms with Crippen molar-refractivity contribution in [3.05, 3.63) is 56.0 Å². The van der Waals surface area contributed by atoms with Crippen LogP contribution in [0.15, 0.2) is 41.3 Å². The Morgan fingerprint density at radius 1 is 1.10 bits per heavy atom. The molecule has 1 aliphatic heterocycles. The molecule has 1 saturated heterocycles. The molecular formula is C22H22INO5S2. The van der Waals surface area contributed by atoms with Crippen LogP contribution in [0.3, 0.4) is 0 Å². The molecule has 1 N–H and O–H groups in total. The zero-order chi connectivity index (χ0) is 22.2. The van der Waals surface area contributed by atoms with Crippen molar-refractivity contribution in [2.75, 3.05) is 33.5 Å². The van der Waals surface area contributed by atoms with Crippen molar-refractivity contribution in [3.8, 4) is 17.2 Å². The van der Waals surface area contributed by atoms with Crippen molar-refractivity contribution in [3.63, 3.8) is 0 Å². The molecule has 0 bridgehead atoms. The molecule has 31 heavy (non-hydrogen) atoms. The highest BCUT2D eigenvalue weighted by molar-refractivity contribution is 14.1. The van der Waals surface area contributed by atoms with Crippen LogP contribution in [-0.2, 0) is 9.53 Å². The maximum atomic E-state index is 11.9. The third-order valence-electron chi connectivity index (χ3n) is 4.18. The molecule has 2 aromatic carbocycles. The van der Waals surface area contributed by atoms with Gasteiger partial charge >= 0.3 is 0 Å². The van der Waals surface area contributed by atoms with Crippen molar-refractivity contribution in [1.29, 1.82) is 0 Å². The molecule has 1 amide bonds. The van der Waals surface area contributed by atoms with Gasteiger partial charge in [-0.25, -0.2) is 0 Å². The molecule has 0 aromatic heterocycles. The van der Waals surface area contributed by atoms with Crippen molar-refractivity contribution >= 4 is 62.9 Å². The van der Waals surface area contributed by atoms with E-state index < -0.39 is 0 Å². The highest BCUT2D eigenvalue weighted by Crippen LogP contribution is 2.35. The highest BCUT2D eigenvalue weighted by Gasteiger charge is 2.22. The third-order valence-corrected chi connectivity index (χ3v) is 6.15. The Labute approximate surface area is 204 Å². The minimum atomic E-state index is -0.187. The molecule has 164 valence electrons. The van der Waals surface area contributed by atoms with Crippen LogP contribution in [-0.4, -0.2) is 43.8 Å². The number of carbonyl (C=O) groups is 1. The number of amides is 1. The number of thiocarbonyl (C=S) groups is 1. The molecule has 0 atom stereocenters. The monoisotopic (exact) mass is 571 g/mol. The van der Waals surface area contributed by atoms with E-state index in [0.717, 1.165) is 14.9 Å². The number of hydrogen-bond donors (Lipinski definition) is 1. The summed E-state index contributed by atoms with van der Waals surface area (Å²) >= 11 is 8.45. The number of carbonyl (C=O) groups excluding carboxylic acids is 1. The molecular weight excluding hydrogens is 549 g/mol. The van der Waals surface area contributed by atoms with Crippen molar-refractivity contribution in [2.24, 2.45) is 0 Å². The highest BCUT2D eigenvalue weighted by atomic mass is 127. The predicted molar refractivity (Wildman–Crippen MR) is 135 cm³/mol. The van der Waals surface area contributed by atoms with Crippen molar-refractivity contribution in [2.45, 2.75) is 6.92 Å². The van der Waals surface area contributed by atoms with E-state index in [9.17, 15) is 4.79 Å². The summed E-state index contributed by atoms with van der Waals surface area (Å²) in [7, 11) is 1.58. The molecule has 0 saturated carbocycles. The minimum absolute atomic E-state index is 0.187. The standard InChI is InChI=1S/C22H22INO5S2/c1-14-3-5-16(6-4-14)28-9-7-27-8-10-29-20-17(23)11-15(12-18(20)26-2)13-19-21(25)24-22(30)31-19/h3-6,11-13H,7-10H2,1-2H3,(H,24,25,30). The lowest BCUT2D eigenvalue weighted by molar-refractivity contribution is -0.115. The van der Waals surface area contributed by atoms with Crippen LogP contribution < -0.4 is 19.5 Å². The molecule has 1 heterocycles. The fourth-order valence-corrected chi connectivity index (χ4v) is 4.52. The summed E-state index contributed by atoms with van der Waals surface area (Å²) in [6.45, 7) is 3.79. The zero-order valence-electron chi connectivity index (χ0n) is 17.1. The van der Waals surface area contributed by atoms with Gasteiger partial charge in [0.25, 0.3) is 5.91 Å². The van der Waals surface area contributed by atoms with E-state index in [1.165, 1.54) is 17.3 Å². The Kier molecular flexibility index (Phi) is 9.00. The first-order valence-corrected chi connectivity index (χ1v) is 11.8. The Hall–Kier alpha value is -1.82. The normalized spacial score (nSPS) is 14.6. The first-order valence-electron chi connectivity index (χ1n) is 9.48. The molecule has 2 aromatic rings. The lowest BCUT2D eigenvalue weighted by Crippen LogP contribution is -2.17. The predicted octanol–water partition coefficient (Wildman–Crippen LogP) is 4.57. The Balaban J connectivity index is 1.47. The summed E-state index contributed by atoms with van der Waals surface area (Å²) in [5.74, 6) is 1.87. The number of rotatable bonds is 10. The van der Waals surface area contributed by atoms with Crippen LogP contribution in [0.25, 0.3) is 6.08 Å². The second kappa shape index (κ2) is 11.7. The fourth-order valence-electron chi connectivity index (χ4n) is 2.69. The number of methoxy groups -OCH3 is 1. The first kappa shape index (κ1) is 23.8. The van der Waals surface area contributed by atoms with Gasteiger partial charge in [-0.2, -0.15) is 0 Å². The van der Waals surface area contributed by atoms with Gasteiger partial charge in [-0.15, -0.1) is 0 Å². The quantitative estimate of drug-likeness (QED) is 0.194. The second-order valence-corrected chi connectivity index (χ2v) is 9.39. The fraction of sp³-hybridized carbons (Fsp3) is 0.273. The van der Waals surface area contributed by atoms with E-state index in [4.69, 9.17) is 31.2 Å². The second-order valence-electron chi connectivity index (χ2n) is 6.51. The Bertz CT molecular complexity index is 979. The zero-order valence-corrected chi connectivity index (χ0v) is 20.9. The maximum Gasteiger partial charge on any atom is 0.263 e. The van der Waals surface area contributed by atoms with Gasteiger partial charge in [0.15, 0.2) is 11.5 Å². The molecule has 0 radical (unpaired) electrons. The van der Waals surface area contributed by atoms with Gasteiger partial charge in [0.2, 0.25) is 0 Å². The van der Waals surface area contributed by atoms with Gasteiger partial charge < -0.3 is 24.3 Å². The number of halogens is 1. The molecule has 0 unspecified atom stereocenters. The maximum absolute atomic E-state index is 11.9. The number of aryl methyl sites for hydroxylation is 1. The van der Waals surface area contributed by atoms with Gasteiger partial charge in [0.1, 0.15) is 23.3 Å². The van der Waals surface area contributed by atoms with Gasteiger partial charge in [-0.3, -0.25) is 4.79 Å². The molecule has 1 aliphatic rings. The van der Waals surface area contributed by atoms with Gasteiger partial charge in [-0.1, -0.05) is 41.7 Å². The van der Waals surface area contributed by atoms with Crippen LogP contribution >= 0.6 is 46.6 Å². The lowest BCUT2D eigenvalue weighted by atomic mass is 10.2. The molecule has 3 rings (SSSR count). The summed E-state index contributed by atoms with van der Waals surface area (Å²) in [5.41, 5.74) is 2.03. The average Bonchev–Trinajstić information content (AvgIpc) is 3.06. The van der Waals surface area contributed by atoms with E-state index in [-0.39, 0.29) is 5.91 Å². The van der Waals surface area contributed by atoms with Gasteiger partial charge in [-0.05, 0) is 65.4 Å². The van der Waals surface area contributed by atoms with Crippen LogP contribution in [0.5, 0.6) is 17.2 Å². The molecule has 0 aliphatic carbocycles. The van der Waals surface area contributed by atoms with Gasteiger partial charge in [0.05, 0.1) is 28.8 Å². The summed E-state index contributed by atoms with van der Waals surface area (Å²) < 4.78 is 23.9. The van der Waals surface area contributed by atoms with Crippen molar-refractivity contribution < 1.29 is 23.7 Å². The van der Waals surface area contributed by atoms with E-state index in [0.29, 0.717) is 47.2 Å². The SMILES string of the molecule is COc1cc(C=C2SC(=S)NC2=O)cc(I)c1OCCOCCOc1ccc(C)cc1. The Morgan fingerprint density at radius 2 is 1.81 bits per heavy atom. The molecule has 6 nitrogen and oxygen atoms in total. The number of nitrogens with one attached hydrogen (secondary N) is 1. The largest absolute Gasteiger partial charge is 0.493 e. The minimum Gasteiger partial charge on any atom is -0.493 e. The van der Waals surface area contributed by atoms with Gasteiger partial charge in [0, 0.05) is 0 Å². The van der Waals surface area contributed by atoms with Crippen LogP contribution in [0.4, 0.5) is 0 Å². The molecule has 0 spiro atoms. The van der Waals surface area contributed by atoms with E-state index in [2.05, 4.69) is 27.9 Å². The molecule has 9 heteroatoms. The first-order chi connectivity index (χ1) is 15.0. The van der Waals surface area contributed by atoms with Crippen molar-refractivity contribution in [1.82, 2.24) is 5.32 Å². The average molecular weight is 571 g/mol. The smallest absolute Gasteiger partial charge is 0.263 e. The number of thioether (sulfide) groups is 1. The summed E-state index contributed by atoms with van der Waals surface area (Å²) in [4.78, 5) is 12.4. The third kappa shape index (κ3) is 7.09. The van der Waals surface area contributed by atoms with E-state index in [1.54, 1.807) is 13.2 Å². The summed E-state index contributed by atoms with van der Waals surface area (Å²) in [5, 5.41) is 2.61.